The number of nitrogens with zero attached hydrogens (tertiary/aromatic N) is 3. The molecule has 1 aliphatic rings. The van der Waals surface area contributed by atoms with Gasteiger partial charge in [0.15, 0.2) is 6.10 Å². The van der Waals surface area contributed by atoms with Gasteiger partial charge in [-0.05, 0) is 51.3 Å². The molecule has 0 bridgehead atoms. The standard InChI is InChI=1S/C23H31N3O3S/c1-6-11-25(12-7-2)21(27)14-26-18-13-17(22-15(4)30-16(5)24-22)9-10-20(18)29-19(8-3)23(26)28/h9-10,13,19H,6-8,11-12,14H2,1-5H3. The first-order valence-corrected chi connectivity index (χ1v) is 11.5. The predicted molar refractivity (Wildman–Crippen MR) is 121 cm³/mol. The molecule has 1 aromatic heterocycles. The van der Waals surface area contributed by atoms with E-state index in [1.807, 2.05) is 43.9 Å². The van der Waals surface area contributed by atoms with Crippen LogP contribution in [0, 0.1) is 13.8 Å². The van der Waals surface area contributed by atoms with Crippen molar-refractivity contribution in [2.45, 2.75) is 60.0 Å². The lowest BCUT2D eigenvalue weighted by atomic mass is 10.1. The number of fused-ring (bicyclic) bond motifs is 1. The fourth-order valence-corrected chi connectivity index (χ4v) is 4.67. The molecule has 6 nitrogen and oxygen atoms in total. The van der Waals surface area contributed by atoms with Crippen molar-refractivity contribution in [3.63, 3.8) is 0 Å². The van der Waals surface area contributed by atoms with E-state index in [1.54, 1.807) is 16.2 Å². The maximum atomic E-state index is 13.1. The lowest BCUT2D eigenvalue weighted by molar-refractivity contribution is -0.133. The van der Waals surface area contributed by atoms with Gasteiger partial charge in [-0.2, -0.15) is 0 Å². The number of hydrogen-bond donors (Lipinski definition) is 0. The summed E-state index contributed by atoms with van der Waals surface area (Å²) in [5, 5.41) is 1.00. The van der Waals surface area contributed by atoms with Crippen molar-refractivity contribution >= 4 is 28.8 Å². The van der Waals surface area contributed by atoms with Gasteiger partial charge in [-0.1, -0.05) is 20.8 Å². The summed E-state index contributed by atoms with van der Waals surface area (Å²) in [5.74, 6) is 0.454. The van der Waals surface area contributed by atoms with Crippen molar-refractivity contribution in [1.29, 1.82) is 0 Å². The van der Waals surface area contributed by atoms with E-state index in [-0.39, 0.29) is 18.4 Å². The number of amides is 2. The molecule has 1 atom stereocenters. The summed E-state index contributed by atoms with van der Waals surface area (Å²) >= 11 is 1.65. The van der Waals surface area contributed by atoms with Gasteiger partial charge in [0.05, 0.1) is 16.4 Å². The Morgan fingerprint density at radius 1 is 1.20 bits per heavy atom. The number of rotatable bonds is 8. The Labute approximate surface area is 182 Å². The summed E-state index contributed by atoms with van der Waals surface area (Å²) in [4.78, 5) is 35.4. The van der Waals surface area contributed by atoms with Crippen molar-refractivity contribution in [3.8, 4) is 17.0 Å². The zero-order chi connectivity index (χ0) is 21.8. The van der Waals surface area contributed by atoms with E-state index in [0.29, 0.717) is 30.9 Å². The molecule has 3 rings (SSSR count). The van der Waals surface area contributed by atoms with Crippen LogP contribution < -0.4 is 9.64 Å². The van der Waals surface area contributed by atoms with Crippen LogP contribution in [0.5, 0.6) is 5.75 Å². The number of benzene rings is 1. The molecule has 0 saturated carbocycles. The van der Waals surface area contributed by atoms with Crippen LogP contribution in [0.2, 0.25) is 0 Å². The van der Waals surface area contributed by atoms with Crippen molar-refractivity contribution < 1.29 is 14.3 Å². The molecular weight excluding hydrogens is 398 g/mol. The molecular formula is C23H31N3O3S. The highest BCUT2D eigenvalue weighted by Crippen LogP contribution is 2.39. The Morgan fingerprint density at radius 3 is 2.47 bits per heavy atom. The normalized spacial score (nSPS) is 15.7. The summed E-state index contributed by atoms with van der Waals surface area (Å²) in [6.07, 6.45) is 1.78. The summed E-state index contributed by atoms with van der Waals surface area (Å²) in [5.41, 5.74) is 2.49. The molecule has 1 unspecified atom stereocenters. The summed E-state index contributed by atoms with van der Waals surface area (Å²) < 4.78 is 5.95. The molecule has 0 aliphatic carbocycles. The third-order valence-corrected chi connectivity index (χ3v) is 6.13. The number of carbonyl (C=O) groups excluding carboxylic acids is 2. The SMILES string of the molecule is CCCN(CCC)C(=O)CN1C(=O)C(CC)Oc2ccc(-c3nc(C)sc3C)cc21. The van der Waals surface area contributed by atoms with Gasteiger partial charge in [0, 0.05) is 23.5 Å². The summed E-state index contributed by atoms with van der Waals surface area (Å²) in [7, 11) is 0. The molecule has 30 heavy (non-hydrogen) atoms. The minimum absolute atomic E-state index is 0.0270. The molecule has 162 valence electrons. The second-order valence-corrected chi connectivity index (χ2v) is 9.05. The minimum Gasteiger partial charge on any atom is -0.478 e. The zero-order valence-electron chi connectivity index (χ0n) is 18.5. The molecule has 0 spiro atoms. The van der Waals surface area contributed by atoms with Crippen LogP contribution in [-0.2, 0) is 9.59 Å². The quantitative estimate of drug-likeness (QED) is 0.616. The number of aryl methyl sites for hydroxylation is 2. The highest BCUT2D eigenvalue weighted by atomic mass is 32.1. The van der Waals surface area contributed by atoms with Gasteiger partial charge < -0.3 is 9.64 Å². The molecule has 0 saturated heterocycles. The minimum atomic E-state index is -0.565. The fraction of sp³-hybridized carbons (Fsp3) is 0.522. The maximum Gasteiger partial charge on any atom is 0.268 e. The van der Waals surface area contributed by atoms with Crippen molar-refractivity contribution in [2.24, 2.45) is 0 Å². The fourth-order valence-electron chi connectivity index (χ4n) is 3.83. The molecule has 7 heteroatoms. The molecule has 2 aromatic rings. The number of thiazole rings is 1. The lowest BCUT2D eigenvalue weighted by Gasteiger charge is -2.35. The smallest absolute Gasteiger partial charge is 0.268 e. The van der Waals surface area contributed by atoms with E-state index < -0.39 is 6.10 Å². The van der Waals surface area contributed by atoms with E-state index in [4.69, 9.17) is 4.74 Å². The van der Waals surface area contributed by atoms with Gasteiger partial charge in [-0.3, -0.25) is 14.5 Å². The Kier molecular flexibility index (Phi) is 7.13. The van der Waals surface area contributed by atoms with Gasteiger partial charge in [0.2, 0.25) is 5.91 Å². The van der Waals surface area contributed by atoms with Gasteiger partial charge in [0.25, 0.3) is 5.91 Å². The van der Waals surface area contributed by atoms with Crippen molar-refractivity contribution in [3.05, 3.63) is 28.1 Å². The van der Waals surface area contributed by atoms with Gasteiger partial charge in [-0.15, -0.1) is 11.3 Å². The molecule has 2 amide bonds. The zero-order valence-corrected chi connectivity index (χ0v) is 19.3. The van der Waals surface area contributed by atoms with E-state index >= 15 is 0 Å². The number of aromatic nitrogens is 1. The molecule has 1 aromatic carbocycles. The number of ether oxygens (including phenoxy) is 1. The van der Waals surface area contributed by atoms with E-state index in [2.05, 4.69) is 18.8 Å². The van der Waals surface area contributed by atoms with Gasteiger partial charge in [0.1, 0.15) is 12.3 Å². The third kappa shape index (κ3) is 4.51. The Balaban J connectivity index is 1.98. The second kappa shape index (κ2) is 9.60. The first-order chi connectivity index (χ1) is 14.4. The highest BCUT2D eigenvalue weighted by molar-refractivity contribution is 7.11. The Hall–Kier alpha value is -2.41. The predicted octanol–water partition coefficient (Wildman–Crippen LogP) is 4.58. The van der Waals surface area contributed by atoms with E-state index in [0.717, 1.165) is 34.0 Å². The molecule has 2 heterocycles. The number of hydrogen-bond acceptors (Lipinski definition) is 5. The van der Waals surface area contributed by atoms with E-state index in [1.165, 1.54) is 0 Å². The van der Waals surface area contributed by atoms with Crippen LogP contribution in [0.15, 0.2) is 18.2 Å². The first-order valence-electron chi connectivity index (χ1n) is 10.7. The third-order valence-electron chi connectivity index (χ3n) is 5.24. The van der Waals surface area contributed by atoms with Crippen LogP contribution in [0.1, 0.15) is 49.9 Å². The number of anilines is 1. The van der Waals surface area contributed by atoms with E-state index in [9.17, 15) is 9.59 Å². The molecule has 0 fully saturated rings. The average molecular weight is 430 g/mol. The largest absolute Gasteiger partial charge is 0.478 e. The lowest BCUT2D eigenvalue weighted by Crippen LogP contribution is -2.50. The van der Waals surface area contributed by atoms with Gasteiger partial charge in [-0.25, -0.2) is 4.98 Å². The first kappa shape index (κ1) is 22.3. The van der Waals surface area contributed by atoms with Gasteiger partial charge >= 0.3 is 0 Å². The molecule has 0 N–H and O–H groups in total. The maximum absolute atomic E-state index is 13.1. The van der Waals surface area contributed by atoms with Crippen molar-refractivity contribution in [2.75, 3.05) is 24.5 Å². The Bertz CT molecular complexity index is 918. The van der Waals surface area contributed by atoms with Crippen LogP contribution in [0.3, 0.4) is 0 Å². The number of carbonyl (C=O) groups is 2. The van der Waals surface area contributed by atoms with Crippen LogP contribution in [-0.4, -0.2) is 47.4 Å². The summed E-state index contributed by atoms with van der Waals surface area (Å²) in [6, 6.07) is 5.79. The van der Waals surface area contributed by atoms with Crippen LogP contribution in [0.4, 0.5) is 5.69 Å². The summed E-state index contributed by atoms with van der Waals surface area (Å²) in [6.45, 7) is 11.5. The van der Waals surface area contributed by atoms with Crippen LogP contribution in [0.25, 0.3) is 11.3 Å². The topological polar surface area (TPSA) is 62.7 Å². The Morgan fingerprint density at radius 2 is 1.90 bits per heavy atom. The molecule has 0 radical (unpaired) electrons. The monoisotopic (exact) mass is 429 g/mol. The highest BCUT2D eigenvalue weighted by Gasteiger charge is 2.35. The second-order valence-electron chi connectivity index (χ2n) is 7.64. The molecule has 1 aliphatic heterocycles. The van der Waals surface area contributed by atoms with Crippen molar-refractivity contribution in [1.82, 2.24) is 9.88 Å². The van der Waals surface area contributed by atoms with Crippen LogP contribution >= 0.6 is 11.3 Å². The average Bonchev–Trinajstić information content (AvgIpc) is 3.07.